The largest absolute Gasteiger partial charge is 0.456 e. The van der Waals surface area contributed by atoms with Gasteiger partial charge in [-0.25, -0.2) is 4.39 Å². The number of carbonyl (C=O) groups is 4. The van der Waals surface area contributed by atoms with Crippen LogP contribution in [-0.4, -0.2) is 53.7 Å². The number of nitrogens with zero attached hydrogens (tertiary/aromatic N) is 2. The molecule has 0 atom stereocenters. The number of hydrogen-bond acceptors (Lipinski definition) is 5. The highest BCUT2D eigenvalue weighted by atomic mass is 19.1. The number of amides is 3. The van der Waals surface area contributed by atoms with Crippen LogP contribution in [0, 0.1) is 5.82 Å². The van der Waals surface area contributed by atoms with E-state index in [-0.39, 0.29) is 25.3 Å². The number of halogens is 1. The molecule has 0 spiro atoms. The van der Waals surface area contributed by atoms with Crippen LogP contribution in [0.3, 0.4) is 0 Å². The molecule has 1 heterocycles. The molecule has 0 aliphatic carbocycles. The molecule has 0 radical (unpaired) electrons. The van der Waals surface area contributed by atoms with Gasteiger partial charge in [0.05, 0.1) is 17.5 Å². The minimum atomic E-state index is -0.690. The molecule has 0 N–H and O–H groups in total. The molecule has 0 fully saturated rings. The third-order valence-electron chi connectivity index (χ3n) is 4.53. The summed E-state index contributed by atoms with van der Waals surface area (Å²) in [5.74, 6) is -2.38. The fourth-order valence-corrected chi connectivity index (χ4v) is 2.92. The van der Waals surface area contributed by atoms with Crippen molar-refractivity contribution in [1.82, 2.24) is 9.80 Å². The predicted octanol–water partition coefficient (Wildman–Crippen LogP) is 2.01. The van der Waals surface area contributed by atoms with Gasteiger partial charge in [0.1, 0.15) is 5.82 Å². The summed E-state index contributed by atoms with van der Waals surface area (Å²) in [7, 11) is 1.54. The van der Waals surface area contributed by atoms with Gasteiger partial charge in [-0.2, -0.15) is 0 Å². The molecule has 1 aliphatic rings. The molecule has 29 heavy (non-hydrogen) atoms. The number of carbonyl (C=O) groups excluding carboxylic acids is 4. The van der Waals surface area contributed by atoms with Crippen molar-refractivity contribution in [1.29, 1.82) is 0 Å². The van der Waals surface area contributed by atoms with Gasteiger partial charge in [0.15, 0.2) is 6.61 Å². The maximum atomic E-state index is 12.9. The third-order valence-corrected chi connectivity index (χ3v) is 4.53. The van der Waals surface area contributed by atoms with Crippen molar-refractivity contribution in [2.45, 2.75) is 13.0 Å². The van der Waals surface area contributed by atoms with Gasteiger partial charge < -0.3 is 9.64 Å². The second-order valence-electron chi connectivity index (χ2n) is 6.59. The Labute approximate surface area is 166 Å². The molecule has 0 saturated heterocycles. The van der Waals surface area contributed by atoms with Crippen molar-refractivity contribution < 1.29 is 28.3 Å². The number of ether oxygens (including phenoxy) is 1. The normalized spacial score (nSPS) is 12.7. The highest BCUT2D eigenvalue weighted by Gasteiger charge is 2.35. The van der Waals surface area contributed by atoms with Crippen molar-refractivity contribution in [3.63, 3.8) is 0 Å². The Bertz CT molecular complexity index is 923. The Morgan fingerprint density at radius 1 is 1.00 bits per heavy atom. The van der Waals surface area contributed by atoms with E-state index in [0.29, 0.717) is 11.1 Å². The van der Waals surface area contributed by atoms with Crippen LogP contribution in [0.1, 0.15) is 32.7 Å². The zero-order valence-corrected chi connectivity index (χ0v) is 15.8. The Balaban J connectivity index is 1.44. The van der Waals surface area contributed by atoms with Crippen LogP contribution in [0.15, 0.2) is 48.5 Å². The van der Waals surface area contributed by atoms with E-state index in [9.17, 15) is 23.6 Å². The molecule has 0 saturated carbocycles. The number of benzene rings is 2. The lowest BCUT2D eigenvalue weighted by Gasteiger charge is -2.17. The molecule has 150 valence electrons. The monoisotopic (exact) mass is 398 g/mol. The maximum Gasteiger partial charge on any atom is 0.308 e. The van der Waals surface area contributed by atoms with Gasteiger partial charge in [-0.05, 0) is 29.8 Å². The first-order valence-corrected chi connectivity index (χ1v) is 8.96. The molecule has 8 heteroatoms. The van der Waals surface area contributed by atoms with Crippen LogP contribution in [0.25, 0.3) is 0 Å². The SMILES string of the molecule is CN(Cc1ccc(F)cc1)C(=O)COC(=O)CCN1C(=O)c2ccccc2C1=O. The van der Waals surface area contributed by atoms with E-state index in [0.717, 1.165) is 10.5 Å². The Morgan fingerprint density at radius 3 is 2.17 bits per heavy atom. The van der Waals surface area contributed by atoms with Crippen LogP contribution in [0.4, 0.5) is 4.39 Å². The number of fused-ring (bicyclic) bond motifs is 1. The summed E-state index contributed by atoms with van der Waals surface area (Å²) in [6, 6.07) is 12.2. The molecule has 7 nitrogen and oxygen atoms in total. The van der Waals surface area contributed by atoms with E-state index >= 15 is 0 Å². The minimum absolute atomic E-state index is 0.120. The van der Waals surface area contributed by atoms with Crippen LogP contribution in [-0.2, 0) is 20.9 Å². The third kappa shape index (κ3) is 4.66. The van der Waals surface area contributed by atoms with Crippen molar-refractivity contribution in [3.8, 4) is 0 Å². The molecule has 3 rings (SSSR count). The topological polar surface area (TPSA) is 84.0 Å². The summed E-state index contributed by atoms with van der Waals surface area (Å²) in [5, 5.41) is 0. The second kappa shape index (κ2) is 8.64. The lowest BCUT2D eigenvalue weighted by atomic mass is 10.1. The number of rotatable bonds is 7. The summed E-state index contributed by atoms with van der Waals surface area (Å²) < 4.78 is 17.9. The van der Waals surface area contributed by atoms with Crippen LogP contribution in [0.2, 0.25) is 0 Å². The molecule has 2 aromatic rings. The van der Waals surface area contributed by atoms with Gasteiger partial charge in [0.25, 0.3) is 17.7 Å². The summed E-state index contributed by atoms with van der Waals surface area (Å²) in [6.07, 6.45) is -0.208. The van der Waals surface area contributed by atoms with Crippen molar-refractivity contribution in [2.75, 3.05) is 20.2 Å². The van der Waals surface area contributed by atoms with Crippen LogP contribution >= 0.6 is 0 Å². The zero-order valence-electron chi connectivity index (χ0n) is 15.8. The van der Waals surface area contributed by atoms with E-state index in [4.69, 9.17) is 4.74 Å². The number of hydrogen-bond donors (Lipinski definition) is 0. The van der Waals surface area contributed by atoms with Gasteiger partial charge in [-0.15, -0.1) is 0 Å². The lowest BCUT2D eigenvalue weighted by Crippen LogP contribution is -2.33. The van der Waals surface area contributed by atoms with Gasteiger partial charge >= 0.3 is 5.97 Å². The fraction of sp³-hybridized carbons (Fsp3) is 0.238. The van der Waals surface area contributed by atoms with Gasteiger partial charge in [0, 0.05) is 20.1 Å². The van der Waals surface area contributed by atoms with E-state index in [1.54, 1.807) is 36.4 Å². The quantitative estimate of drug-likeness (QED) is 0.526. The molecular formula is C21H19FN2O5. The Hall–Kier alpha value is -3.55. The summed E-state index contributed by atoms with van der Waals surface area (Å²) in [5.41, 5.74) is 1.35. The maximum absolute atomic E-state index is 12.9. The molecule has 0 aromatic heterocycles. The predicted molar refractivity (Wildman–Crippen MR) is 100 cm³/mol. The first-order chi connectivity index (χ1) is 13.9. The van der Waals surface area contributed by atoms with Crippen molar-refractivity contribution >= 4 is 23.7 Å². The number of imide groups is 1. The number of likely N-dealkylation sites (N-methyl/N-ethyl adjacent to an activating group) is 1. The average Bonchev–Trinajstić information content (AvgIpc) is 2.96. The zero-order chi connectivity index (χ0) is 21.0. The summed E-state index contributed by atoms with van der Waals surface area (Å²) in [4.78, 5) is 50.8. The Kier molecular flexibility index (Phi) is 6.01. The van der Waals surface area contributed by atoms with E-state index in [2.05, 4.69) is 0 Å². The lowest BCUT2D eigenvalue weighted by molar-refractivity contribution is -0.151. The van der Waals surface area contributed by atoms with Gasteiger partial charge in [0.2, 0.25) is 0 Å². The first-order valence-electron chi connectivity index (χ1n) is 8.96. The highest BCUT2D eigenvalue weighted by molar-refractivity contribution is 6.21. The van der Waals surface area contributed by atoms with E-state index in [1.165, 1.54) is 24.1 Å². The second-order valence-corrected chi connectivity index (χ2v) is 6.59. The molecule has 0 bridgehead atoms. The summed E-state index contributed by atoms with van der Waals surface area (Å²) in [6.45, 7) is -0.338. The van der Waals surface area contributed by atoms with Gasteiger partial charge in [-0.1, -0.05) is 24.3 Å². The minimum Gasteiger partial charge on any atom is -0.456 e. The van der Waals surface area contributed by atoms with Crippen molar-refractivity contribution in [3.05, 3.63) is 71.0 Å². The van der Waals surface area contributed by atoms with Crippen LogP contribution in [0.5, 0.6) is 0 Å². The molecule has 0 unspecified atom stereocenters. The molecule has 2 aromatic carbocycles. The van der Waals surface area contributed by atoms with Crippen molar-refractivity contribution in [2.24, 2.45) is 0 Å². The smallest absolute Gasteiger partial charge is 0.308 e. The summed E-state index contributed by atoms with van der Waals surface area (Å²) >= 11 is 0. The fourth-order valence-electron chi connectivity index (χ4n) is 2.92. The molecule has 1 aliphatic heterocycles. The Morgan fingerprint density at radius 2 is 1.59 bits per heavy atom. The van der Waals surface area contributed by atoms with E-state index in [1.807, 2.05) is 0 Å². The standard InChI is InChI=1S/C21H19FN2O5/c1-23(12-14-6-8-15(22)9-7-14)18(25)13-29-19(26)10-11-24-20(27)16-4-2-3-5-17(16)21(24)28/h2-9H,10-13H2,1H3. The molecular weight excluding hydrogens is 379 g/mol. The van der Waals surface area contributed by atoms with E-state index < -0.39 is 30.3 Å². The number of esters is 1. The molecule has 3 amide bonds. The van der Waals surface area contributed by atoms with Crippen LogP contribution < -0.4 is 0 Å². The first kappa shape index (κ1) is 20.2. The average molecular weight is 398 g/mol. The highest BCUT2D eigenvalue weighted by Crippen LogP contribution is 2.22. The van der Waals surface area contributed by atoms with Gasteiger partial charge in [-0.3, -0.25) is 24.1 Å².